The molecule has 2 amide bonds. The largest absolute Gasteiger partial charge is 0.377 e. The van der Waals surface area contributed by atoms with E-state index < -0.39 is 5.60 Å². The highest BCUT2D eigenvalue weighted by Crippen LogP contribution is 2.43. The van der Waals surface area contributed by atoms with Gasteiger partial charge in [0.1, 0.15) is 11.7 Å². The second-order valence-corrected chi connectivity index (χ2v) is 7.92. The van der Waals surface area contributed by atoms with Crippen molar-refractivity contribution in [1.29, 1.82) is 0 Å². The van der Waals surface area contributed by atoms with E-state index >= 15 is 0 Å². The molecule has 0 unspecified atom stereocenters. The van der Waals surface area contributed by atoms with E-state index in [2.05, 4.69) is 24.3 Å². The molecule has 3 fully saturated rings. The molecule has 3 aliphatic heterocycles. The first-order valence-electron chi connectivity index (χ1n) is 9.88. The molecule has 0 bridgehead atoms. The monoisotopic (exact) mass is 372 g/mol. The second kappa shape index (κ2) is 7.60. The minimum absolute atomic E-state index is 0.0837. The van der Waals surface area contributed by atoms with Crippen molar-refractivity contribution in [2.75, 3.05) is 39.9 Å². The quantitative estimate of drug-likeness (QED) is 0.791. The molecular weight excluding hydrogens is 344 g/mol. The van der Waals surface area contributed by atoms with Crippen molar-refractivity contribution in [3.8, 4) is 0 Å². The van der Waals surface area contributed by atoms with Crippen molar-refractivity contribution in [2.45, 2.75) is 43.3 Å². The summed E-state index contributed by atoms with van der Waals surface area (Å²) < 4.78 is 12.0. The molecule has 146 valence electrons. The average Bonchev–Trinajstić information content (AvgIpc) is 3.40. The zero-order chi connectivity index (χ0) is 18.9. The van der Waals surface area contributed by atoms with Crippen LogP contribution in [0.15, 0.2) is 30.3 Å². The van der Waals surface area contributed by atoms with Gasteiger partial charge in [-0.05, 0) is 18.4 Å². The van der Waals surface area contributed by atoms with E-state index in [0.717, 1.165) is 19.4 Å². The molecule has 27 heavy (non-hydrogen) atoms. The van der Waals surface area contributed by atoms with Crippen molar-refractivity contribution < 1.29 is 19.1 Å². The van der Waals surface area contributed by atoms with Gasteiger partial charge in [0.05, 0.1) is 13.2 Å². The number of likely N-dealkylation sites (tertiary alicyclic amines) is 2. The molecule has 4 rings (SSSR count). The van der Waals surface area contributed by atoms with E-state index in [-0.39, 0.29) is 17.9 Å². The predicted molar refractivity (Wildman–Crippen MR) is 100 cm³/mol. The van der Waals surface area contributed by atoms with Gasteiger partial charge in [-0.2, -0.15) is 0 Å². The smallest absolute Gasteiger partial charge is 0.224 e. The lowest BCUT2D eigenvalue weighted by atomic mass is 9.87. The Morgan fingerprint density at radius 1 is 1.33 bits per heavy atom. The first kappa shape index (κ1) is 18.4. The van der Waals surface area contributed by atoms with Crippen molar-refractivity contribution in [3.63, 3.8) is 0 Å². The Labute approximate surface area is 160 Å². The Kier molecular flexibility index (Phi) is 5.19. The van der Waals surface area contributed by atoms with Crippen LogP contribution in [0.5, 0.6) is 0 Å². The minimum atomic E-state index is -0.422. The molecule has 3 saturated heterocycles. The molecule has 3 heterocycles. The lowest BCUT2D eigenvalue weighted by Gasteiger charge is -2.28. The van der Waals surface area contributed by atoms with E-state index in [0.29, 0.717) is 45.0 Å². The van der Waals surface area contributed by atoms with Crippen LogP contribution in [0.2, 0.25) is 0 Å². The zero-order valence-electron chi connectivity index (χ0n) is 15.9. The van der Waals surface area contributed by atoms with Crippen LogP contribution in [0.4, 0.5) is 0 Å². The molecule has 0 aliphatic carbocycles. The minimum Gasteiger partial charge on any atom is -0.377 e. The van der Waals surface area contributed by atoms with Crippen LogP contribution in [0.1, 0.15) is 37.2 Å². The standard InChI is InChI=1S/C21H28N2O4/c1-26-18-13-23(20(25)9-11-22-10-5-8-19(22)24)15-21(18)12-17(14-27-21)16-6-3-2-4-7-16/h2-4,6-7,17-18H,5,8-15H2,1H3/t17-,18-,21-/m1/s1. The van der Waals surface area contributed by atoms with Gasteiger partial charge in [0.15, 0.2) is 0 Å². The number of methoxy groups -OCH3 is 1. The Morgan fingerprint density at radius 3 is 2.85 bits per heavy atom. The van der Waals surface area contributed by atoms with Gasteiger partial charge in [-0.1, -0.05) is 30.3 Å². The summed E-state index contributed by atoms with van der Waals surface area (Å²) in [6.07, 6.45) is 2.65. The fraction of sp³-hybridized carbons (Fsp3) is 0.619. The molecule has 3 aliphatic rings. The highest BCUT2D eigenvalue weighted by atomic mass is 16.6. The Bertz CT molecular complexity index is 695. The van der Waals surface area contributed by atoms with E-state index in [9.17, 15) is 9.59 Å². The third kappa shape index (κ3) is 3.60. The van der Waals surface area contributed by atoms with Crippen LogP contribution in [0.3, 0.4) is 0 Å². The van der Waals surface area contributed by atoms with Gasteiger partial charge in [-0.15, -0.1) is 0 Å². The van der Waals surface area contributed by atoms with Gasteiger partial charge >= 0.3 is 0 Å². The molecule has 1 aromatic carbocycles. The topological polar surface area (TPSA) is 59.1 Å². The number of ether oxygens (including phenoxy) is 2. The molecule has 1 aromatic rings. The summed E-state index contributed by atoms with van der Waals surface area (Å²) in [5.74, 6) is 0.585. The number of hydrogen-bond donors (Lipinski definition) is 0. The number of carbonyl (C=O) groups is 2. The lowest BCUT2D eigenvalue weighted by molar-refractivity contribution is -0.133. The molecule has 6 heteroatoms. The molecule has 6 nitrogen and oxygen atoms in total. The number of amides is 2. The number of rotatable bonds is 5. The average molecular weight is 372 g/mol. The number of hydrogen-bond acceptors (Lipinski definition) is 4. The molecule has 0 aromatic heterocycles. The van der Waals surface area contributed by atoms with Gasteiger partial charge in [-0.25, -0.2) is 0 Å². The SMILES string of the molecule is CO[C@@H]1CN(C(=O)CCN2CCCC2=O)C[C@]12C[C@@H](c1ccccc1)CO2. The lowest BCUT2D eigenvalue weighted by Crippen LogP contribution is -2.42. The molecule has 0 N–H and O–H groups in total. The summed E-state index contributed by atoms with van der Waals surface area (Å²) in [5, 5.41) is 0. The maximum atomic E-state index is 12.7. The highest BCUT2D eigenvalue weighted by Gasteiger charge is 2.54. The number of nitrogens with zero attached hydrogens (tertiary/aromatic N) is 2. The maximum Gasteiger partial charge on any atom is 0.224 e. The highest BCUT2D eigenvalue weighted by molar-refractivity contribution is 5.80. The van der Waals surface area contributed by atoms with Crippen LogP contribution in [0.25, 0.3) is 0 Å². The zero-order valence-corrected chi connectivity index (χ0v) is 15.9. The van der Waals surface area contributed by atoms with Crippen LogP contribution >= 0.6 is 0 Å². The predicted octanol–water partition coefficient (Wildman–Crippen LogP) is 1.80. The van der Waals surface area contributed by atoms with Gasteiger partial charge in [0.2, 0.25) is 11.8 Å². The van der Waals surface area contributed by atoms with Crippen molar-refractivity contribution in [1.82, 2.24) is 9.80 Å². The first-order valence-corrected chi connectivity index (χ1v) is 9.88. The van der Waals surface area contributed by atoms with Crippen LogP contribution < -0.4 is 0 Å². The van der Waals surface area contributed by atoms with Gasteiger partial charge in [-0.3, -0.25) is 9.59 Å². The van der Waals surface area contributed by atoms with E-state index in [1.54, 1.807) is 12.0 Å². The summed E-state index contributed by atoms with van der Waals surface area (Å²) in [4.78, 5) is 28.1. The summed E-state index contributed by atoms with van der Waals surface area (Å²) in [7, 11) is 1.70. The summed E-state index contributed by atoms with van der Waals surface area (Å²) in [5.41, 5.74) is 0.857. The van der Waals surface area contributed by atoms with E-state index in [1.165, 1.54) is 5.56 Å². The van der Waals surface area contributed by atoms with Gasteiger partial charge in [0.25, 0.3) is 0 Å². The fourth-order valence-electron chi connectivity index (χ4n) is 4.74. The second-order valence-electron chi connectivity index (χ2n) is 7.92. The third-order valence-electron chi connectivity index (χ3n) is 6.27. The summed E-state index contributed by atoms with van der Waals surface area (Å²) in [6, 6.07) is 10.4. The molecular formula is C21H28N2O4. The van der Waals surface area contributed by atoms with Crippen LogP contribution in [0, 0.1) is 0 Å². The normalized spacial score (nSPS) is 30.6. The number of benzene rings is 1. The maximum absolute atomic E-state index is 12.7. The van der Waals surface area contributed by atoms with Crippen LogP contribution in [-0.2, 0) is 19.1 Å². The summed E-state index contributed by atoms with van der Waals surface area (Å²) >= 11 is 0. The Balaban J connectivity index is 1.38. The Hall–Kier alpha value is -1.92. The molecule has 1 spiro atoms. The van der Waals surface area contributed by atoms with Gasteiger partial charge in [0, 0.05) is 45.5 Å². The molecule has 0 saturated carbocycles. The summed E-state index contributed by atoms with van der Waals surface area (Å²) in [6.45, 7) is 3.09. The molecule has 3 atom stereocenters. The van der Waals surface area contributed by atoms with Crippen molar-refractivity contribution in [3.05, 3.63) is 35.9 Å². The Morgan fingerprint density at radius 2 is 2.15 bits per heavy atom. The van der Waals surface area contributed by atoms with Crippen molar-refractivity contribution in [2.24, 2.45) is 0 Å². The van der Waals surface area contributed by atoms with Gasteiger partial charge < -0.3 is 19.3 Å². The molecule has 0 radical (unpaired) electrons. The number of carbonyl (C=O) groups excluding carboxylic acids is 2. The third-order valence-corrected chi connectivity index (χ3v) is 6.27. The van der Waals surface area contributed by atoms with E-state index in [1.807, 2.05) is 11.0 Å². The first-order chi connectivity index (χ1) is 13.1. The van der Waals surface area contributed by atoms with Crippen molar-refractivity contribution >= 4 is 11.8 Å². The van der Waals surface area contributed by atoms with Crippen LogP contribution in [-0.4, -0.2) is 73.2 Å². The fourth-order valence-corrected chi connectivity index (χ4v) is 4.74. The van der Waals surface area contributed by atoms with E-state index in [4.69, 9.17) is 9.47 Å².